The lowest BCUT2D eigenvalue weighted by Crippen LogP contribution is -2.24. The molecule has 0 aliphatic heterocycles. The molecule has 1 atom stereocenters. The molecule has 2 rings (SSSR count). The number of anilines is 1. The Morgan fingerprint density at radius 1 is 1.22 bits per heavy atom. The Morgan fingerprint density at radius 3 is 2.57 bits per heavy atom. The fraction of sp³-hybridized carbons (Fsp3) is 0.286. The number of aryl methyl sites for hydroxylation is 1. The van der Waals surface area contributed by atoms with Crippen molar-refractivity contribution in [3.8, 4) is 11.4 Å². The number of aliphatic hydroxyl groups excluding tert-OH is 2. The number of rotatable bonds is 5. The summed E-state index contributed by atoms with van der Waals surface area (Å²) in [4.78, 5) is 7.65. The van der Waals surface area contributed by atoms with Crippen molar-refractivity contribution in [1.29, 1.82) is 0 Å². The molecular formula is C14H13BrF3N3O2. The van der Waals surface area contributed by atoms with Gasteiger partial charge in [-0.05, 0) is 35.0 Å². The van der Waals surface area contributed by atoms with Crippen molar-refractivity contribution in [3.05, 3.63) is 39.8 Å². The van der Waals surface area contributed by atoms with E-state index in [1.165, 1.54) is 6.92 Å². The van der Waals surface area contributed by atoms with Crippen LogP contribution in [0, 0.1) is 24.4 Å². The van der Waals surface area contributed by atoms with Crippen molar-refractivity contribution >= 4 is 21.7 Å². The second-order valence-corrected chi connectivity index (χ2v) is 5.61. The second-order valence-electron chi connectivity index (χ2n) is 4.76. The summed E-state index contributed by atoms with van der Waals surface area (Å²) >= 11 is 2.86. The molecule has 1 aromatic heterocycles. The summed E-state index contributed by atoms with van der Waals surface area (Å²) in [7, 11) is 0. The normalized spacial score (nSPS) is 12.3. The number of aliphatic hydroxyl groups is 2. The van der Waals surface area contributed by atoms with E-state index in [9.17, 15) is 18.3 Å². The maximum Gasteiger partial charge on any atom is 0.186 e. The third kappa shape index (κ3) is 3.98. The molecule has 1 aromatic carbocycles. The van der Waals surface area contributed by atoms with Gasteiger partial charge in [-0.15, -0.1) is 0 Å². The molecule has 1 heterocycles. The van der Waals surface area contributed by atoms with Crippen molar-refractivity contribution < 1.29 is 23.4 Å². The lowest BCUT2D eigenvalue weighted by Gasteiger charge is -2.13. The van der Waals surface area contributed by atoms with Gasteiger partial charge in [0.05, 0.1) is 28.4 Å². The molecule has 0 radical (unpaired) electrons. The van der Waals surface area contributed by atoms with Gasteiger partial charge >= 0.3 is 0 Å². The third-order valence-electron chi connectivity index (χ3n) is 2.98. The van der Waals surface area contributed by atoms with Crippen LogP contribution in [0.3, 0.4) is 0 Å². The van der Waals surface area contributed by atoms with E-state index < -0.39 is 30.2 Å². The van der Waals surface area contributed by atoms with E-state index in [0.717, 1.165) is 12.1 Å². The number of hydrogen-bond acceptors (Lipinski definition) is 5. The summed E-state index contributed by atoms with van der Waals surface area (Å²) in [6, 6.07) is 1.83. The fourth-order valence-electron chi connectivity index (χ4n) is 1.77. The van der Waals surface area contributed by atoms with Crippen LogP contribution in [0.2, 0.25) is 0 Å². The number of halogens is 4. The van der Waals surface area contributed by atoms with E-state index in [2.05, 4.69) is 31.2 Å². The van der Waals surface area contributed by atoms with Gasteiger partial charge in [0, 0.05) is 6.54 Å². The van der Waals surface area contributed by atoms with Gasteiger partial charge in [0.15, 0.2) is 17.5 Å². The molecule has 0 amide bonds. The van der Waals surface area contributed by atoms with Crippen LogP contribution in [0.25, 0.3) is 11.4 Å². The second kappa shape index (κ2) is 7.24. The summed E-state index contributed by atoms with van der Waals surface area (Å²) in [6.07, 6.45) is -1.12. The predicted octanol–water partition coefficient (Wildman–Crippen LogP) is 2.40. The topological polar surface area (TPSA) is 78.3 Å². The Bertz CT molecular complexity index is 731. The SMILES string of the molecule is Cc1nc(-c2cc(F)c(Br)cc2F)nc(NCC(O)CO)c1F. The molecule has 9 heteroatoms. The van der Waals surface area contributed by atoms with E-state index >= 15 is 0 Å². The Morgan fingerprint density at radius 2 is 1.91 bits per heavy atom. The molecule has 23 heavy (non-hydrogen) atoms. The zero-order valence-electron chi connectivity index (χ0n) is 11.9. The average molecular weight is 392 g/mol. The smallest absolute Gasteiger partial charge is 0.186 e. The van der Waals surface area contributed by atoms with Crippen LogP contribution in [0.5, 0.6) is 0 Å². The summed E-state index contributed by atoms with van der Waals surface area (Å²) < 4.78 is 41.5. The van der Waals surface area contributed by atoms with Crippen molar-refractivity contribution in [2.75, 3.05) is 18.5 Å². The molecule has 0 spiro atoms. The highest BCUT2D eigenvalue weighted by atomic mass is 79.9. The van der Waals surface area contributed by atoms with E-state index in [4.69, 9.17) is 5.11 Å². The largest absolute Gasteiger partial charge is 0.394 e. The maximum absolute atomic E-state index is 14.0. The molecule has 0 aliphatic carbocycles. The minimum Gasteiger partial charge on any atom is -0.394 e. The first-order chi connectivity index (χ1) is 10.8. The van der Waals surface area contributed by atoms with Crippen LogP contribution in [0.15, 0.2) is 16.6 Å². The van der Waals surface area contributed by atoms with Gasteiger partial charge in [0.25, 0.3) is 0 Å². The molecule has 5 nitrogen and oxygen atoms in total. The lowest BCUT2D eigenvalue weighted by atomic mass is 10.2. The molecule has 3 N–H and O–H groups in total. The quantitative estimate of drug-likeness (QED) is 0.682. The van der Waals surface area contributed by atoms with E-state index in [1.54, 1.807) is 0 Å². The number of aromatic nitrogens is 2. The minimum absolute atomic E-state index is 0.0537. The van der Waals surface area contributed by atoms with Crippen LogP contribution >= 0.6 is 15.9 Å². The summed E-state index contributed by atoms with van der Waals surface area (Å²) in [5, 5.41) is 20.5. The van der Waals surface area contributed by atoms with E-state index in [0.29, 0.717) is 0 Å². The summed E-state index contributed by atoms with van der Waals surface area (Å²) in [6.45, 7) is 0.667. The minimum atomic E-state index is -1.12. The van der Waals surface area contributed by atoms with Crippen LogP contribution in [-0.4, -0.2) is 39.4 Å². The van der Waals surface area contributed by atoms with E-state index in [-0.39, 0.29) is 33.9 Å². The van der Waals surface area contributed by atoms with Gasteiger partial charge < -0.3 is 15.5 Å². The highest BCUT2D eigenvalue weighted by molar-refractivity contribution is 9.10. The standard InChI is InChI=1S/C14H13BrF3N3O2/c1-6-12(18)14(19-4-7(23)5-22)21-13(20-6)8-2-11(17)9(15)3-10(8)16/h2-3,7,22-23H,4-5H2,1H3,(H,19,20,21). The molecule has 0 bridgehead atoms. The number of nitrogens with one attached hydrogen (secondary N) is 1. The van der Waals surface area contributed by atoms with Gasteiger partial charge in [-0.1, -0.05) is 0 Å². The molecule has 0 saturated heterocycles. The van der Waals surface area contributed by atoms with Crippen molar-refractivity contribution in [3.63, 3.8) is 0 Å². The maximum atomic E-state index is 14.0. The number of hydrogen-bond donors (Lipinski definition) is 3. The van der Waals surface area contributed by atoms with Crippen LogP contribution in [0.4, 0.5) is 19.0 Å². The number of nitrogens with zero attached hydrogens (tertiary/aromatic N) is 2. The van der Waals surface area contributed by atoms with Crippen LogP contribution in [0.1, 0.15) is 5.69 Å². The van der Waals surface area contributed by atoms with Crippen LogP contribution < -0.4 is 5.32 Å². The Hall–Kier alpha value is -1.71. The Kier molecular flexibility index (Phi) is 5.55. The molecule has 0 fully saturated rings. The van der Waals surface area contributed by atoms with Gasteiger partial charge in [-0.2, -0.15) is 0 Å². The average Bonchev–Trinajstić information content (AvgIpc) is 2.51. The van der Waals surface area contributed by atoms with Crippen molar-refractivity contribution in [1.82, 2.24) is 9.97 Å². The number of benzene rings is 1. The van der Waals surface area contributed by atoms with E-state index in [1.807, 2.05) is 0 Å². The predicted molar refractivity (Wildman–Crippen MR) is 81.4 cm³/mol. The van der Waals surface area contributed by atoms with Crippen LogP contribution in [-0.2, 0) is 0 Å². The molecule has 124 valence electrons. The van der Waals surface area contributed by atoms with Crippen molar-refractivity contribution in [2.24, 2.45) is 0 Å². The molecule has 0 saturated carbocycles. The first-order valence-corrected chi connectivity index (χ1v) is 7.34. The molecule has 1 unspecified atom stereocenters. The van der Waals surface area contributed by atoms with Gasteiger partial charge in [0.2, 0.25) is 0 Å². The highest BCUT2D eigenvalue weighted by Gasteiger charge is 2.17. The highest BCUT2D eigenvalue weighted by Crippen LogP contribution is 2.27. The van der Waals surface area contributed by atoms with Crippen molar-refractivity contribution in [2.45, 2.75) is 13.0 Å². The first kappa shape index (κ1) is 17.6. The summed E-state index contributed by atoms with van der Waals surface area (Å²) in [5.41, 5.74) is -0.293. The first-order valence-electron chi connectivity index (χ1n) is 6.55. The molecule has 2 aromatic rings. The monoisotopic (exact) mass is 391 g/mol. The lowest BCUT2D eigenvalue weighted by molar-refractivity contribution is 0.105. The third-order valence-corrected chi connectivity index (χ3v) is 3.59. The zero-order valence-corrected chi connectivity index (χ0v) is 13.5. The fourth-order valence-corrected chi connectivity index (χ4v) is 2.09. The zero-order chi connectivity index (χ0) is 17.1. The van der Waals surface area contributed by atoms with Gasteiger partial charge in [0.1, 0.15) is 11.6 Å². The van der Waals surface area contributed by atoms with Gasteiger partial charge in [-0.25, -0.2) is 23.1 Å². The van der Waals surface area contributed by atoms with Gasteiger partial charge in [-0.3, -0.25) is 0 Å². The molecular weight excluding hydrogens is 379 g/mol. The summed E-state index contributed by atoms with van der Waals surface area (Å²) in [5.74, 6) is -2.74. The molecule has 0 aliphatic rings. The Balaban J connectivity index is 2.44. The Labute approximate surface area is 138 Å².